The zero-order valence-corrected chi connectivity index (χ0v) is 15.2. The largest absolute Gasteiger partial charge is 0.306 e. The Kier molecular flexibility index (Phi) is 5.60. The molecule has 0 atom stereocenters. The molecule has 3 aromatic carbocycles. The van der Waals surface area contributed by atoms with Crippen molar-refractivity contribution in [3.63, 3.8) is 0 Å². The van der Waals surface area contributed by atoms with E-state index in [2.05, 4.69) is 73.7 Å². The molecule has 0 fully saturated rings. The molecule has 0 radical (unpaired) electrons. The Labute approximate surface area is 155 Å². The van der Waals surface area contributed by atoms with Crippen LogP contribution < -0.4 is 0 Å². The number of hydrogen-bond acceptors (Lipinski definition) is 1. The highest BCUT2D eigenvalue weighted by Crippen LogP contribution is 2.25. The second-order valence-electron chi connectivity index (χ2n) is 6.42. The molecule has 128 valence electrons. The Morgan fingerprint density at radius 3 is 1.73 bits per heavy atom. The number of benzene rings is 3. The van der Waals surface area contributed by atoms with E-state index in [0.717, 1.165) is 11.1 Å². The fourth-order valence-electron chi connectivity index (χ4n) is 2.94. The van der Waals surface area contributed by atoms with Crippen molar-refractivity contribution in [3.8, 4) is 11.1 Å². The van der Waals surface area contributed by atoms with Crippen LogP contribution in [0.3, 0.4) is 0 Å². The third kappa shape index (κ3) is 4.46. The van der Waals surface area contributed by atoms with Crippen LogP contribution in [-0.2, 0) is 0 Å². The van der Waals surface area contributed by atoms with Crippen LogP contribution >= 0.6 is 0 Å². The van der Waals surface area contributed by atoms with E-state index in [1.807, 2.05) is 30.3 Å². The molecule has 0 aliphatic carbocycles. The summed E-state index contributed by atoms with van der Waals surface area (Å²) in [5, 5.41) is 7.84. The lowest BCUT2D eigenvalue weighted by molar-refractivity contribution is 1.49. The first-order chi connectivity index (χ1) is 12.6. The molecule has 0 bridgehead atoms. The van der Waals surface area contributed by atoms with Gasteiger partial charge >= 0.3 is 0 Å². The second-order valence-corrected chi connectivity index (χ2v) is 6.42. The van der Waals surface area contributed by atoms with Crippen LogP contribution in [0.1, 0.15) is 25.0 Å². The first kappa shape index (κ1) is 17.6. The molecule has 0 amide bonds. The van der Waals surface area contributed by atoms with Gasteiger partial charge in [-0.25, -0.2) is 0 Å². The third-order valence-corrected chi connectivity index (χ3v) is 4.30. The van der Waals surface area contributed by atoms with Crippen molar-refractivity contribution in [2.45, 2.75) is 13.8 Å². The van der Waals surface area contributed by atoms with Crippen molar-refractivity contribution in [2.24, 2.45) is 0 Å². The quantitative estimate of drug-likeness (QED) is 0.387. The first-order valence-corrected chi connectivity index (χ1v) is 8.80. The van der Waals surface area contributed by atoms with E-state index >= 15 is 0 Å². The van der Waals surface area contributed by atoms with Gasteiger partial charge < -0.3 is 5.41 Å². The van der Waals surface area contributed by atoms with E-state index in [4.69, 9.17) is 5.41 Å². The summed E-state index contributed by atoms with van der Waals surface area (Å²) in [6, 6.07) is 29.3. The zero-order chi connectivity index (χ0) is 18.4. The lowest BCUT2D eigenvalue weighted by atomic mass is 9.97. The van der Waals surface area contributed by atoms with Crippen LogP contribution in [0, 0.1) is 5.41 Å². The highest BCUT2D eigenvalue weighted by atomic mass is 14.4. The summed E-state index contributed by atoms with van der Waals surface area (Å²) in [7, 11) is 0. The van der Waals surface area contributed by atoms with Crippen LogP contribution in [0.5, 0.6) is 0 Å². The highest BCUT2D eigenvalue weighted by Gasteiger charge is 2.03. The highest BCUT2D eigenvalue weighted by molar-refractivity contribution is 6.00. The van der Waals surface area contributed by atoms with Gasteiger partial charge in [0.05, 0.1) is 0 Å². The average molecular weight is 337 g/mol. The van der Waals surface area contributed by atoms with Crippen LogP contribution in [0.25, 0.3) is 22.3 Å². The number of nitrogens with one attached hydrogen (secondary N) is 1. The van der Waals surface area contributed by atoms with E-state index in [1.54, 1.807) is 6.92 Å². The molecule has 0 unspecified atom stereocenters. The summed E-state index contributed by atoms with van der Waals surface area (Å²) in [6.45, 7) is 3.92. The number of rotatable bonds is 5. The molecular formula is C25H23N. The lowest BCUT2D eigenvalue weighted by Gasteiger charge is -2.08. The Morgan fingerprint density at radius 2 is 1.15 bits per heavy atom. The summed E-state index contributed by atoms with van der Waals surface area (Å²) >= 11 is 0. The Balaban J connectivity index is 1.91. The number of hydrogen-bond donors (Lipinski definition) is 1. The van der Waals surface area contributed by atoms with Gasteiger partial charge in [-0.1, -0.05) is 91.0 Å². The average Bonchev–Trinajstić information content (AvgIpc) is 2.68. The van der Waals surface area contributed by atoms with Gasteiger partial charge in [-0.2, -0.15) is 0 Å². The van der Waals surface area contributed by atoms with Crippen LogP contribution in [-0.4, -0.2) is 5.71 Å². The molecule has 0 aromatic heterocycles. The molecule has 3 aromatic rings. The lowest BCUT2D eigenvalue weighted by Crippen LogP contribution is -1.89. The summed E-state index contributed by atoms with van der Waals surface area (Å²) < 4.78 is 0. The molecule has 0 heterocycles. The molecule has 3 rings (SSSR count). The van der Waals surface area contributed by atoms with E-state index in [1.165, 1.54) is 22.3 Å². The molecule has 0 saturated heterocycles. The SMILES string of the molecule is CC(=N)/C=C(\C=C(/C)c1ccc(-c2ccccc2)cc1)c1ccccc1. The van der Waals surface area contributed by atoms with Gasteiger partial charge in [-0.3, -0.25) is 0 Å². The van der Waals surface area contributed by atoms with Crippen molar-refractivity contribution >= 4 is 16.9 Å². The van der Waals surface area contributed by atoms with Crippen molar-refractivity contribution in [2.75, 3.05) is 0 Å². The van der Waals surface area contributed by atoms with E-state index in [0.29, 0.717) is 5.71 Å². The predicted octanol–water partition coefficient (Wildman–Crippen LogP) is 6.88. The molecule has 0 spiro atoms. The van der Waals surface area contributed by atoms with E-state index < -0.39 is 0 Å². The minimum Gasteiger partial charge on any atom is -0.306 e. The molecule has 1 nitrogen and oxygen atoms in total. The van der Waals surface area contributed by atoms with Gasteiger partial charge in [0, 0.05) is 5.71 Å². The standard InChI is InChI=1S/C25H23N/c1-19(17-25(18-20(2)26)23-11-7-4-8-12-23)21-13-15-24(16-14-21)22-9-5-3-6-10-22/h3-18,26H,1-2H3/b19-17+,25-18+,26-20?. The van der Waals surface area contributed by atoms with E-state index in [-0.39, 0.29) is 0 Å². The maximum absolute atomic E-state index is 7.84. The van der Waals surface area contributed by atoms with Gasteiger partial charge in [0.25, 0.3) is 0 Å². The number of allylic oxidation sites excluding steroid dienone is 4. The van der Waals surface area contributed by atoms with Crippen LogP contribution in [0.2, 0.25) is 0 Å². The minimum atomic E-state index is 0.548. The first-order valence-electron chi connectivity index (χ1n) is 8.80. The van der Waals surface area contributed by atoms with Gasteiger partial charge in [-0.15, -0.1) is 0 Å². The van der Waals surface area contributed by atoms with Crippen molar-refractivity contribution < 1.29 is 0 Å². The minimum absolute atomic E-state index is 0.548. The predicted molar refractivity (Wildman–Crippen MR) is 113 cm³/mol. The van der Waals surface area contributed by atoms with Gasteiger partial charge in [0.15, 0.2) is 0 Å². The summed E-state index contributed by atoms with van der Waals surface area (Å²) in [4.78, 5) is 0. The Hall–Kier alpha value is -3.19. The van der Waals surface area contributed by atoms with Crippen LogP contribution in [0.4, 0.5) is 0 Å². The van der Waals surface area contributed by atoms with Crippen molar-refractivity contribution in [1.29, 1.82) is 5.41 Å². The topological polar surface area (TPSA) is 23.9 Å². The fraction of sp³-hybridized carbons (Fsp3) is 0.0800. The second kappa shape index (κ2) is 8.26. The van der Waals surface area contributed by atoms with E-state index in [9.17, 15) is 0 Å². The smallest absolute Gasteiger partial charge is 0.0289 e. The maximum atomic E-state index is 7.84. The maximum Gasteiger partial charge on any atom is 0.0289 e. The normalized spacial score (nSPS) is 12.1. The van der Waals surface area contributed by atoms with Gasteiger partial charge in [-0.05, 0) is 53.3 Å². The molecule has 0 saturated carbocycles. The molecule has 26 heavy (non-hydrogen) atoms. The van der Waals surface area contributed by atoms with Crippen LogP contribution in [0.15, 0.2) is 97.1 Å². The van der Waals surface area contributed by atoms with Gasteiger partial charge in [0.2, 0.25) is 0 Å². The molecule has 0 aliphatic heterocycles. The molecule has 0 aliphatic rings. The summed E-state index contributed by atoms with van der Waals surface area (Å²) in [5.74, 6) is 0. The van der Waals surface area contributed by atoms with Crippen molar-refractivity contribution in [3.05, 3.63) is 108 Å². The molecular weight excluding hydrogens is 314 g/mol. The monoisotopic (exact) mass is 337 g/mol. The summed E-state index contributed by atoms with van der Waals surface area (Å²) in [5.41, 5.74) is 7.55. The molecule has 1 heteroatoms. The fourth-order valence-corrected chi connectivity index (χ4v) is 2.94. The van der Waals surface area contributed by atoms with Crippen molar-refractivity contribution in [1.82, 2.24) is 0 Å². The zero-order valence-electron chi connectivity index (χ0n) is 15.2. The van der Waals surface area contributed by atoms with Gasteiger partial charge in [0.1, 0.15) is 0 Å². The third-order valence-electron chi connectivity index (χ3n) is 4.30. The molecule has 1 N–H and O–H groups in total. The Bertz CT molecular complexity index is 930. The summed E-state index contributed by atoms with van der Waals surface area (Å²) in [6.07, 6.45) is 4.07. The Morgan fingerprint density at radius 1 is 0.615 bits per heavy atom.